The number of benzene rings is 2. The van der Waals surface area contributed by atoms with Gasteiger partial charge in [0, 0.05) is 29.9 Å². The lowest BCUT2D eigenvalue weighted by molar-refractivity contribution is -0.384. The Morgan fingerprint density at radius 1 is 1.13 bits per heavy atom. The molecule has 0 bridgehead atoms. The Bertz CT molecular complexity index is 971. The van der Waals surface area contributed by atoms with Crippen molar-refractivity contribution in [3.63, 3.8) is 0 Å². The average molecular weight is 410 g/mol. The molecule has 2 rings (SSSR count). The molecule has 0 aliphatic rings. The van der Waals surface area contributed by atoms with Crippen molar-refractivity contribution in [2.24, 2.45) is 0 Å². The van der Waals surface area contributed by atoms with E-state index in [1.165, 1.54) is 23.1 Å². The first-order valence-electron chi connectivity index (χ1n) is 8.83. The van der Waals surface area contributed by atoms with Crippen molar-refractivity contribution < 1.29 is 24.0 Å². The van der Waals surface area contributed by atoms with E-state index < -0.39 is 35.9 Å². The van der Waals surface area contributed by atoms with Crippen LogP contribution in [0.25, 0.3) is 0 Å². The highest BCUT2D eigenvalue weighted by Crippen LogP contribution is 2.14. The van der Waals surface area contributed by atoms with Gasteiger partial charge in [0.2, 0.25) is 0 Å². The maximum atomic E-state index is 12.4. The van der Waals surface area contributed by atoms with E-state index in [0.29, 0.717) is 5.69 Å². The first-order chi connectivity index (χ1) is 14.4. The van der Waals surface area contributed by atoms with E-state index in [1.54, 1.807) is 30.3 Å². The van der Waals surface area contributed by atoms with Crippen LogP contribution in [0, 0.1) is 21.4 Å². The summed E-state index contributed by atoms with van der Waals surface area (Å²) < 4.78 is 4.90. The lowest BCUT2D eigenvalue weighted by Gasteiger charge is -2.21. The van der Waals surface area contributed by atoms with Crippen molar-refractivity contribution in [1.82, 2.24) is 5.32 Å². The lowest BCUT2D eigenvalue weighted by atomic mass is 10.2. The van der Waals surface area contributed by atoms with Gasteiger partial charge in [0.25, 0.3) is 17.5 Å². The summed E-state index contributed by atoms with van der Waals surface area (Å²) in [5, 5.41) is 21.8. The van der Waals surface area contributed by atoms with Crippen LogP contribution in [0.1, 0.15) is 16.8 Å². The summed E-state index contributed by atoms with van der Waals surface area (Å²) in [5.41, 5.74) is 0.321. The van der Waals surface area contributed by atoms with Crippen molar-refractivity contribution in [2.45, 2.75) is 6.42 Å². The molecule has 2 aromatic rings. The molecule has 1 N–H and O–H groups in total. The number of rotatable bonds is 9. The van der Waals surface area contributed by atoms with Gasteiger partial charge < -0.3 is 15.0 Å². The van der Waals surface area contributed by atoms with Crippen molar-refractivity contribution in [3.8, 4) is 6.07 Å². The van der Waals surface area contributed by atoms with Gasteiger partial charge in [-0.2, -0.15) is 5.26 Å². The third-order valence-corrected chi connectivity index (χ3v) is 3.89. The van der Waals surface area contributed by atoms with Crippen LogP contribution in [0.2, 0.25) is 0 Å². The normalized spacial score (nSPS) is 9.83. The predicted octanol–water partition coefficient (Wildman–Crippen LogP) is 1.81. The van der Waals surface area contributed by atoms with E-state index in [-0.39, 0.29) is 24.2 Å². The molecule has 0 unspecified atom stereocenters. The van der Waals surface area contributed by atoms with Crippen LogP contribution < -0.4 is 10.2 Å². The topological polar surface area (TPSA) is 143 Å². The van der Waals surface area contributed by atoms with Gasteiger partial charge in [0.05, 0.1) is 17.4 Å². The number of nitriles is 1. The molecular formula is C20H18N4O6. The van der Waals surface area contributed by atoms with Crippen LogP contribution in [0.3, 0.4) is 0 Å². The number of nitro benzene ring substituents is 1. The summed E-state index contributed by atoms with van der Waals surface area (Å²) in [6.07, 6.45) is 0.105. The van der Waals surface area contributed by atoms with Crippen LogP contribution in [-0.2, 0) is 14.3 Å². The number of nitro groups is 1. The summed E-state index contributed by atoms with van der Waals surface area (Å²) in [6, 6.07) is 15.6. The lowest BCUT2D eigenvalue weighted by Crippen LogP contribution is -2.37. The molecule has 0 aromatic heterocycles. The number of amides is 2. The van der Waals surface area contributed by atoms with Crippen LogP contribution in [0.15, 0.2) is 54.6 Å². The number of nitrogens with zero attached hydrogens (tertiary/aromatic N) is 3. The van der Waals surface area contributed by atoms with Crippen LogP contribution >= 0.6 is 0 Å². The zero-order valence-electron chi connectivity index (χ0n) is 15.8. The zero-order valence-corrected chi connectivity index (χ0v) is 15.8. The number of hydrogen-bond acceptors (Lipinski definition) is 7. The quantitative estimate of drug-likeness (QED) is 0.377. The Kier molecular flexibility index (Phi) is 8.02. The van der Waals surface area contributed by atoms with E-state index in [4.69, 9.17) is 10.00 Å². The molecule has 30 heavy (non-hydrogen) atoms. The van der Waals surface area contributed by atoms with Crippen molar-refractivity contribution >= 4 is 29.2 Å². The number of carbonyl (C=O) groups excluding carboxylic acids is 3. The summed E-state index contributed by atoms with van der Waals surface area (Å²) in [4.78, 5) is 47.7. The van der Waals surface area contributed by atoms with E-state index in [1.807, 2.05) is 6.07 Å². The molecule has 0 heterocycles. The van der Waals surface area contributed by atoms with Gasteiger partial charge in [-0.15, -0.1) is 0 Å². The van der Waals surface area contributed by atoms with Crippen LogP contribution in [0.4, 0.5) is 11.4 Å². The Morgan fingerprint density at radius 2 is 1.87 bits per heavy atom. The molecule has 10 heteroatoms. The number of esters is 1. The van der Waals surface area contributed by atoms with Gasteiger partial charge in [-0.1, -0.05) is 24.3 Å². The summed E-state index contributed by atoms with van der Waals surface area (Å²) in [6.45, 7) is -0.940. The maximum Gasteiger partial charge on any atom is 0.325 e. The molecule has 0 aliphatic heterocycles. The van der Waals surface area contributed by atoms with Gasteiger partial charge >= 0.3 is 5.97 Å². The molecule has 10 nitrogen and oxygen atoms in total. The van der Waals surface area contributed by atoms with Crippen LogP contribution in [-0.4, -0.2) is 42.4 Å². The summed E-state index contributed by atoms with van der Waals surface area (Å²) in [7, 11) is 0. The smallest absolute Gasteiger partial charge is 0.325 e. The van der Waals surface area contributed by atoms with Gasteiger partial charge in [-0.05, 0) is 18.2 Å². The molecule has 0 saturated heterocycles. The summed E-state index contributed by atoms with van der Waals surface area (Å²) >= 11 is 0. The standard InChI is InChI=1S/C20H18N4O6/c21-10-5-11-23(16-7-2-1-3-8-16)18(25)14-30-19(26)13-22-20(27)15-6-4-9-17(12-15)24(28)29/h1-4,6-9,12H,5,11,13-14H2,(H,22,27). The summed E-state index contributed by atoms with van der Waals surface area (Å²) in [5.74, 6) is -2.06. The highest BCUT2D eigenvalue weighted by Gasteiger charge is 2.18. The maximum absolute atomic E-state index is 12.4. The fourth-order valence-corrected chi connectivity index (χ4v) is 2.45. The molecule has 2 aromatic carbocycles. The Morgan fingerprint density at radius 3 is 2.53 bits per heavy atom. The largest absolute Gasteiger partial charge is 0.454 e. The number of para-hydroxylation sites is 1. The second kappa shape index (κ2) is 10.9. The van der Waals surface area contributed by atoms with Gasteiger partial charge in [-0.3, -0.25) is 24.5 Å². The molecule has 0 saturated carbocycles. The molecule has 0 atom stereocenters. The van der Waals surface area contributed by atoms with E-state index in [2.05, 4.69) is 5.32 Å². The van der Waals surface area contributed by atoms with Crippen LogP contribution in [0.5, 0.6) is 0 Å². The molecule has 2 amide bonds. The highest BCUT2D eigenvalue weighted by atomic mass is 16.6. The molecular weight excluding hydrogens is 392 g/mol. The Balaban J connectivity index is 1.87. The highest BCUT2D eigenvalue weighted by molar-refractivity contribution is 5.97. The molecule has 0 spiro atoms. The van der Waals surface area contributed by atoms with E-state index in [9.17, 15) is 24.5 Å². The number of hydrogen-bond donors (Lipinski definition) is 1. The average Bonchev–Trinajstić information content (AvgIpc) is 2.77. The second-order valence-corrected chi connectivity index (χ2v) is 5.94. The van der Waals surface area contributed by atoms with Gasteiger partial charge in [0.15, 0.2) is 6.61 Å². The minimum Gasteiger partial charge on any atom is -0.454 e. The zero-order chi connectivity index (χ0) is 21.9. The van der Waals surface area contributed by atoms with Crippen molar-refractivity contribution in [2.75, 3.05) is 24.6 Å². The fourth-order valence-electron chi connectivity index (χ4n) is 2.45. The Labute approximate surface area is 171 Å². The van der Waals surface area contributed by atoms with Crippen molar-refractivity contribution in [3.05, 3.63) is 70.3 Å². The monoisotopic (exact) mass is 410 g/mol. The van der Waals surface area contributed by atoms with Gasteiger partial charge in [-0.25, -0.2) is 0 Å². The third kappa shape index (κ3) is 6.42. The molecule has 0 aliphatic carbocycles. The third-order valence-electron chi connectivity index (χ3n) is 3.89. The first-order valence-corrected chi connectivity index (χ1v) is 8.83. The number of anilines is 1. The van der Waals surface area contributed by atoms with E-state index in [0.717, 1.165) is 6.07 Å². The molecule has 0 fully saturated rings. The number of carbonyl (C=O) groups is 3. The Hall–Kier alpha value is -4.26. The molecule has 154 valence electrons. The second-order valence-electron chi connectivity index (χ2n) is 5.94. The predicted molar refractivity (Wildman–Crippen MR) is 105 cm³/mol. The van der Waals surface area contributed by atoms with Gasteiger partial charge in [0.1, 0.15) is 6.54 Å². The molecule has 0 radical (unpaired) electrons. The number of non-ortho nitro benzene ring substituents is 1. The minimum atomic E-state index is -0.851. The minimum absolute atomic E-state index is 0.0137. The number of nitrogens with one attached hydrogen (secondary N) is 1. The number of ether oxygens (including phenoxy) is 1. The SMILES string of the molecule is N#CCCN(C(=O)COC(=O)CNC(=O)c1cccc([N+](=O)[O-])c1)c1ccccc1. The van der Waals surface area contributed by atoms with E-state index >= 15 is 0 Å². The fraction of sp³-hybridized carbons (Fsp3) is 0.200. The van der Waals surface area contributed by atoms with Crippen molar-refractivity contribution in [1.29, 1.82) is 5.26 Å². The first kappa shape index (κ1) is 22.0.